The van der Waals surface area contributed by atoms with E-state index in [1.165, 1.54) is 45.4 Å². The van der Waals surface area contributed by atoms with Crippen molar-refractivity contribution < 1.29 is 0 Å². The average molecular weight is 225 g/mol. The molecular weight excluding hydrogens is 198 g/mol. The Balaban J connectivity index is 1.89. The van der Waals surface area contributed by atoms with E-state index in [4.69, 9.17) is 5.73 Å². The molecule has 2 aliphatic rings. The van der Waals surface area contributed by atoms with Crippen LogP contribution in [0.2, 0.25) is 0 Å². The third kappa shape index (κ3) is 2.96. The maximum atomic E-state index is 5.91. The molecule has 0 radical (unpaired) electrons. The minimum atomic E-state index is 0.331. The largest absolute Gasteiger partial charge is 0.328 e. The number of hydrogen-bond donors (Lipinski definition) is 1. The molecule has 0 aliphatic carbocycles. The van der Waals surface area contributed by atoms with Gasteiger partial charge in [0.15, 0.2) is 0 Å². The van der Waals surface area contributed by atoms with Gasteiger partial charge in [-0.05, 0) is 59.2 Å². The van der Waals surface area contributed by atoms with Crippen molar-refractivity contribution in [3.8, 4) is 0 Å². The standard InChI is InChI=1S/C13H27N3/c1-11(14)9-12(2)16-8-4-7-15-6-3-5-13(15)10-16/h11-13H,3-10,14H2,1-2H3. The highest BCUT2D eigenvalue weighted by Crippen LogP contribution is 2.23. The lowest BCUT2D eigenvalue weighted by Gasteiger charge is -2.31. The molecule has 16 heavy (non-hydrogen) atoms. The van der Waals surface area contributed by atoms with Crippen LogP contribution >= 0.6 is 0 Å². The summed E-state index contributed by atoms with van der Waals surface area (Å²) >= 11 is 0. The molecule has 0 saturated carbocycles. The molecule has 3 nitrogen and oxygen atoms in total. The van der Waals surface area contributed by atoms with E-state index in [0.717, 1.165) is 12.5 Å². The molecule has 0 bridgehead atoms. The van der Waals surface area contributed by atoms with Crippen molar-refractivity contribution in [1.29, 1.82) is 0 Å². The van der Waals surface area contributed by atoms with E-state index in [0.29, 0.717) is 12.1 Å². The SMILES string of the molecule is CC(N)CC(C)N1CCCN2CCCC2C1. The summed E-state index contributed by atoms with van der Waals surface area (Å²) in [5.41, 5.74) is 5.91. The van der Waals surface area contributed by atoms with Gasteiger partial charge in [0, 0.05) is 24.7 Å². The van der Waals surface area contributed by atoms with Crippen LogP contribution in [0.3, 0.4) is 0 Å². The summed E-state index contributed by atoms with van der Waals surface area (Å²) < 4.78 is 0. The highest BCUT2D eigenvalue weighted by Gasteiger charge is 2.30. The first-order valence-electron chi connectivity index (χ1n) is 6.90. The molecular formula is C13H27N3. The fourth-order valence-corrected chi connectivity index (χ4v) is 3.32. The zero-order valence-electron chi connectivity index (χ0n) is 10.9. The van der Waals surface area contributed by atoms with Crippen molar-refractivity contribution in [2.45, 2.75) is 57.7 Å². The van der Waals surface area contributed by atoms with Crippen LogP contribution in [-0.4, -0.2) is 54.1 Å². The van der Waals surface area contributed by atoms with Crippen LogP contribution < -0.4 is 5.73 Å². The Morgan fingerprint density at radius 2 is 1.94 bits per heavy atom. The van der Waals surface area contributed by atoms with Crippen LogP contribution in [0.4, 0.5) is 0 Å². The van der Waals surface area contributed by atoms with Crippen LogP contribution in [0.5, 0.6) is 0 Å². The van der Waals surface area contributed by atoms with Crippen molar-refractivity contribution in [2.24, 2.45) is 5.73 Å². The van der Waals surface area contributed by atoms with Crippen LogP contribution in [0, 0.1) is 0 Å². The smallest absolute Gasteiger partial charge is 0.0223 e. The van der Waals surface area contributed by atoms with Crippen molar-refractivity contribution in [3.05, 3.63) is 0 Å². The van der Waals surface area contributed by atoms with E-state index < -0.39 is 0 Å². The average Bonchev–Trinajstić information content (AvgIpc) is 2.54. The molecule has 3 unspecified atom stereocenters. The van der Waals surface area contributed by atoms with Gasteiger partial charge in [0.1, 0.15) is 0 Å². The van der Waals surface area contributed by atoms with Crippen molar-refractivity contribution in [3.63, 3.8) is 0 Å². The lowest BCUT2D eigenvalue weighted by atomic mass is 10.1. The van der Waals surface area contributed by atoms with Crippen LogP contribution in [0.15, 0.2) is 0 Å². The van der Waals surface area contributed by atoms with Crippen molar-refractivity contribution in [2.75, 3.05) is 26.2 Å². The van der Waals surface area contributed by atoms with Gasteiger partial charge in [0.25, 0.3) is 0 Å². The maximum Gasteiger partial charge on any atom is 0.0223 e. The van der Waals surface area contributed by atoms with E-state index >= 15 is 0 Å². The van der Waals surface area contributed by atoms with Gasteiger partial charge in [-0.25, -0.2) is 0 Å². The van der Waals surface area contributed by atoms with E-state index in [1.807, 2.05) is 0 Å². The number of nitrogens with zero attached hydrogens (tertiary/aromatic N) is 2. The number of nitrogens with two attached hydrogens (primary N) is 1. The Bertz CT molecular complexity index is 217. The first-order valence-corrected chi connectivity index (χ1v) is 6.90. The summed E-state index contributed by atoms with van der Waals surface area (Å²) in [6.07, 6.45) is 5.27. The Labute approximate surface area is 100.0 Å². The molecule has 0 spiro atoms. The first-order chi connectivity index (χ1) is 7.66. The van der Waals surface area contributed by atoms with Crippen LogP contribution in [-0.2, 0) is 0 Å². The predicted molar refractivity (Wildman–Crippen MR) is 68.5 cm³/mol. The minimum Gasteiger partial charge on any atom is -0.328 e. The Kier molecular flexibility index (Phi) is 4.22. The monoisotopic (exact) mass is 225 g/mol. The molecule has 2 aliphatic heterocycles. The third-order valence-electron chi connectivity index (χ3n) is 4.17. The highest BCUT2D eigenvalue weighted by molar-refractivity contribution is 4.86. The van der Waals surface area contributed by atoms with Crippen LogP contribution in [0.25, 0.3) is 0 Å². The summed E-state index contributed by atoms with van der Waals surface area (Å²) in [7, 11) is 0. The predicted octanol–water partition coefficient (Wildman–Crippen LogP) is 1.28. The van der Waals surface area contributed by atoms with Gasteiger partial charge in [-0.2, -0.15) is 0 Å². The molecule has 2 N–H and O–H groups in total. The van der Waals surface area contributed by atoms with E-state index in [2.05, 4.69) is 23.6 Å². The summed E-state index contributed by atoms with van der Waals surface area (Å²) in [6, 6.07) is 1.82. The van der Waals surface area contributed by atoms with Gasteiger partial charge >= 0.3 is 0 Å². The molecule has 3 atom stereocenters. The normalized spacial score (nSPS) is 32.1. The molecule has 2 rings (SSSR count). The molecule has 0 aromatic heterocycles. The summed E-state index contributed by atoms with van der Waals surface area (Å²) in [6.45, 7) is 9.64. The Hall–Kier alpha value is -0.120. The number of fused-ring (bicyclic) bond motifs is 1. The summed E-state index contributed by atoms with van der Waals surface area (Å²) in [5, 5.41) is 0. The van der Waals surface area contributed by atoms with Gasteiger partial charge in [0.2, 0.25) is 0 Å². The van der Waals surface area contributed by atoms with Crippen molar-refractivity contribution >= 4 is 0 Å². The minimum absolute atomic E-state index is 0.331. The lowest BCUT2D eigenvalue weighted by Crippen LogP contribution is -2.42. The fraction of sp³-hybridized carbons (Fsp3) is 1.00. The summed E-state index contributed by atoms with van der Waals surface area (Å²) in [4.78, 5) is 5.36. The molecule has 94 valence electrons. The second-order valence-corrected chi connectivity index (χ2v) is 5.74. The first kappa shape index (κ1) is 12.3. The third-order valence-corrected chi connectivity index (χ3v) is 4.17. The maximum absolute atomic E-state index is 5.91. The molecule has 0 aromatic rings. The van der Waals surface area contributed by atoms with Gasteiger partial charge in [-0.1, -0.05) is 0 Å². The zero-order chi connectivity index (χ0) is 11.5. The molecule has 3 heteroatoms. The quantitative estimate of drug-likeness (QED) is 0.785. The van der Waals surface area contributed by atoms with E-state index in [-0.39, 0.29) is 0 Å². The van der Waals surface area contributed by atoms with Crippen molar-refractivity contribution in [1.82, 2.24) is 9.80 Å². The van der Waals surface area contributed by atoms with Gasteiger partial charge in [0.05, 0.1) is 0 Å². The second kappa shape index (κ2) is 5.48. The molecule has 0 amide bonds. The lowest BCUT2D eigenvalue weighted by molar-refractivity contribution is 0.171. The Morgan fingerprint density at radius 1 is 1.19 bits per heavy atom. The molecule has 2 saturated heterocycles. The Morgan fingerprint density at radius 3 is 2.69 bits per heavy atom. The zero-order valence-corrected chi connectivity index (χ0v) is 10.9. The highest BCUT2D eigenvalue weighted by atomic mass is 15.3. The fourth-order valence-electron chi connectivity index (χ4n) is 3.32. The topological polar surface area (TPSA) is 32.5 Å². The van der Waals surface area contributed by atoms with Crippen LogP contribution in [0.1, 0.15) is 39.5 Å². The second-order valence-electron chi connectivity index (χ2n) is 5.74. The van der Waals surface area contributed by atoms with Gasteiger partial charge in [-0.3, -0.25) is 9.80 Å². The molecule has 2 heterocycles. The van der Waals surface area contributed by atoms with Gasteiger partial charge in [-0.15, -0.1) is 0 Å². The van der Waals surface area contributed by atoms with E-state index in [1.54, 1.807) is 0 Å². The molecule has 0 aromatic carbocycles. The molecule has 2 fully saturated rings. The summed E-state index contributed by atoms with van der Waals surface area (Å²) in [5.74, 6) is 0. The number of rotatable bonds is 3. The van der Waals surface area contributed by atoms with Gasteiger partial charge < -0.3 is 5.73 Å². The van der Waals surface area contributed by atoms with E-state index in [9.17, 15) is 0 Å². The number of hydrogen-bond acceptors (Lipinski definition) is 3.